The molecule has 1 amide bonds. The van der Waals surface area contributed by atoms with Crippen LogP contribution in [0.25, 0.3) is 0 Å². The largest absolute Gasteiger partial charge is 0.461 e. The number of cyclic esters (lactones) is 1. The molecule has 0 unspecified atom stereocenters. The van der Waals surface area contributed by atoms with Gasteiger partial charge in [0.25, 0.3) is 0 Å². The number of ether oxygens (including phenoxy) is 2. The quantitative estimate of drug-likeness (QED) is 0.655. The van der Waals surface area contributed by atoms with Crippen LogP contribution in [-0.4, -0.2) is 47.1 Å². The van der Waals surface area contributed by atoms with Crippen LogP contribution in [0.1, 0.15) is 18.4 Å². The van der Waals surface area contributed by atoms with Crippen LogP contribution in [0.15, 0.2) is 30.3 Å². The molecule has 1 fully saturated rings. The maximum absolute atomic E-state index is 11.7. The molecule has 1 saturated heterocycles. The molecule has 0 aromatic heterocycles. The summed E-state index contributed by atoms with van der Waals surface area (Å²) in [5.41, 5.74) is 0.843. The van der Waals surface area contributed by atoms with E-state index >= 15 is 0 Å². The molecule has 7 heteroatoms. The van der Waals surface area contributed by atoms with E-state index in [1.54, 1.807) is 0 Å². The highest BCUT2D eigenvalue weighted by molar-refractivity contribution is 5.82. The minimum absolute atomic E-state index is 0.112. The first-order valence-corrected chi connectivity index (χ1v) is 7.05. The van der Waals surface area contributed by atoms with E-state index in [0.29, 0.717) is 0 Å². The van der Waals surface area contributed by atoms with Crippen molar-refractivity contribution in [1.82, 2.24) is 5.32 Å². The molecule has 0 spiro atoms. The van der Waals surface area contributed by atoms with Gasteiger partial charge in [0.05, 0.1) is 12.7 Å². The summed E-state index contributed by atoms with van der Waals surface area (Å²) in [6.45, 7) is -0.285. The molecule has 1 aromatic carbocycles. The highest BCUT2D eigenvalue weighted by Gasteiger charge is 2.36. The van der Waals surface area contributed by atoms with Crippen LogP contribution in [0.2, 0.25) is 0 Å². The Morgan fingerprint density at radius 3 is 2.82 bits per heavy atom. The number of alkyl carbamates (subject to hydrolysis) is 1. The topological polar surface area (TPSA) is 105 Å². The van der Waals surface area contributed by atoms with Gasteiger partial charge in [-0.3, -0.25) is 0 Å². The Kier molecular flexibility index (Phi) is 5.74. The number of benzene rings is 1. The number of carbonyl (C=O) groups excluding carboxylic acids is 2. The first-order chi connectivity index (χ1) is 10.6. The van der Waals surface area contributed by atoms with Gasteiger partial charge >= 0.3 is 12.1 Å². The maximum atomic E-state index is 11.7. The molecule has 1 aliphatic rings. The Labute approximate surface area is 127 Å². The van der Waals surface area contributed by atoms with E-state index in [1.165, 1.54) is 0 Å². The number of aliphatic hydroxyl groups excluding tert-OH is 2. The summed E-state index contributed by atoms with van der Waals surface area (Å²) >= 11 is 0. The van der Waals surface area contributed by atoms with Crippen molar-refractivity contribution in [3.8, 4) is 0 Å². The number of hydrogen-bond acceptors (Lipinski definition) is 6. The summed E-state index contributed by atoms with van der Waals surface area (Å²) in [6, 6.07) is 8.38. The van der Waals surface area contributed by atoms with Crippen LogP contribution in [0, 0.1) is 0 Å². The van der Waals surface area contributed by atoms with Crippen molar-refractivity contribution in [3.63, 3.8) is 0 Å². The van der Waals surface area contributed by atoms with Crippen LogP contribution in [0.3, 0.4) is 0 Å². The molecule has 7 nitrogen and oxygen atoms in total. The summed E-state index contributed by atoms with van der Waals surface area (Å²) in [4.78, 5) is 23.3. The Hall–Kier alpha value is -2.12. The van der Waals surface area contributed by atoms with E-state index in [0.717, 1.165) is 5.56 Å². The lowest BCUT2D eigenvalue weighted by molar-refractivity contribution is -0.143. The van der Waals surface area contributed by atoms with E-state index in [4.69, 9.17) is 14.6 Å². The van der Waals surface area contributed by atoms with Crippen molar-refractivity contribution in [1.29, 1.82) is 0 Å². The van der Waals surface area contributed by atoms with Gasteiger partial charge in [0.15, 0.2) is 0 Å². The van der Waals surface area contributed by atoms with Crippen LogP contribution < -0.4 is 5.32 Å². The molecular weight excluding hydrogens is 290 g/mol. The molecule has 3 N–H and O–H groups in total. The van der Waals surface area contributed by atoms with E-state index in [9.17, 15) is 14.7 Å². The second kappa shape index (κ2) is 7.77. The molecule has 3 atom stereocenters. The zero-order valence-electron chi connectivity index (χ0n) is 12.0. The standard InChI is InChI=1S/C15H19NO6/c17-8-11(18)6-12-7-13(14(19)22-12)16-15(20)21-9-10-4-2-1-3-5-10/h1-5,11-13,17-18H,6-9H2,(H,16,20)/t11-,12-,13+/m0/s1. The summed E-state index contributed by atoms with van der Waals surface area (Å²) in [7, 11) is 0. The molecule has 0 aliphatic carbocycles. The number of esters is 1. The Bertz CT molecular complexity index is 506. The third-order valence-corrected chi connectivity index (χ3v) is 3.32. The van der Waals surface area contributed by atoms with Crippen LogP contribution in [-0.2, 0) is 20.9 Å². The second-order valence-corrected chi connectivity index (χ2v) is 5.13. The monoisotopic (exact) mass is 309 g/mol. The highest BCUT2D eigenvalue weighted by Crippen LogP contribution is 2.19. The Morgan fingerprint density at radius 1 is 1.41 bits per heavy atom. The van der Waals surface area contributed by atoms with Gasteiger partial charge in [-0.15, -0.1) is 0 Å². The Morgan fingerprint density at radius 2 is 2.14 bits per heavy atom. The molecule has 1 aliphatic heterocycles. The van der Waals surface area contributed by atoms with Crippen molar-refractivity contribution in [2.45, 2.75) is 37.7 Å². The average Bonchev–Trinajstić information content (AvgIpc) is 2.85. The van der Waals surface area contributed by atoms with Gasteiger partial charge in [-0.25, -0.2) is 9.59 Å². The minimum atomic E-state index is -0.943. The smallest absolute Gasteiger partial charge is 0.408 e. The van der Waals surface area contributed by atoms with Crippen molar-refractivity contribution in [3.05, 3.63) is 35.9 Å². The zero-order chi connectivity index (χ0) is 15.9. The third-order valence-electron chi connectivity index (χ3n) is 3.32. The van der Waals surface area contributed by atoms with Crippen molar-refractivity contribution >= 4 is 12.1 Å². The molecule has 1 heterocycles. The SMILES string of the molecule is O=C(N[C@@H]1C[C@H](C[C@H](O)CO)OC1=O)OCc1ccccc1. The molecule has 120 valence electrons. The van der Waals surface area contributed by atoms with E-state index < -0.39 is 36.9 Å². The predicted molar refractivity (Wildman–Crippen MR) is 75.8 cm³/mol. The van der Waals surface area contributed by atoms with E-state index in [2.05, 4.69) is 5.32 Å². The summed E-state index contributed by atoms with van der Waals surface area (Å²) in [6.07, 6.45) is -1.78. The van der Waals surface area contributed by atoms with Crippen LogP contribution >= 0.6 is 0 Å². The fraction of sp³-hybridized carbons (Fsp3) is 0.467. The van der Waals surface area contributed by atoms with E-state index in [1.807, 2.05) is 30.3 Å². The van der Waals surface area contributed by atoms with Gasteiger partial charge in [-0.1, -0.05) is 30.3 Å². The van der Waals surface area contributed by atoms with E-state index in [-0.39, 0.29) is 19.4 Å². The first kappa shape index (κ1) is 16.3. The fourth-order valence-electron chi connectivity index (χ4n) is 2.20. The molecule has 0 saturated carbocycles. The fourth-order valence-corrected chi connectivity index (χ4v) is 2.20. The zero-order valence-corrected chi connectivity index (χ0v) is 12.0. The van der Waals surface area contributed by atoms with Gasteiger partial charge < -0.3 is 25.0 Å². The lowest BCUT2D eigenvalue weighted by Gasteiger charge is -2.12. The molecule has 1 aromatic rings. The first-order valence-electron chi connectivity index (χ1n) is 7.05. The highest BCUT2D eigenvalue weighted by atomic mass is 16.6. The summed E-state index contributed by atoms with van der Waals surface area (Å²) in [5.74, 6) is -0.563. The number of nitrogens with one attached hydrogen (secondary N) is 1. The third kappa shape index (κ3) is 4.71. The summed E-state index contributed by atoms with van der Waals surface area (Å²) in [5, 5.41) is 20.5. The van der Waals surface area contributed by atoms with Gasteiger partial charge in [-0.05, 0) is 5.56 Å². The minimum Gasteiger partial charge on any atom is -0.461 e. The predicted octanol–water partition coefficient (Wildman–Crippen LogP) is 0.340. The molecule has 22 heavy (non-hydrogen) atoms. The number of amides is 1. The van der Waals surface area contributed by atoms with Gasteiger partial charge in [0, 0.05) is 12.8 Å². The van der Waals surface area contributed by atoms with Gasteiger partial charge in [0.1, 0.15) is 18.8 Å². The lowest BCUT2D eigenvalue weighted by Crippen LogP contribution is -2.38. The molecule has 0 radical (unpaired) electrons. The van der Waals surface area contributed by atoms with Gasteiger partial charge in [-0.2, -0.15) is 0 Å². The number of hydrogen-bond donors (Lipinski definition) is 3. The number of rotatable bonds is 6. The second-order valence-electron chi connectivity index (χ2n) is 5.13. The van der Waals surface area contributed by atoms with Crippen molar-refractivity contribution in [2.75, 3.05) is 6.61 Å². The van der Waals surface area contributed by atoms with Gasteiger partial charge in [0.2, 0.25) is 0 Å². The molecule has 0 bridgehead atoms. The molecule has 2 rings (SSSR count). The van der Waals surface area contributed by atoms with Crippen LogP contribution in [0.4, 0.5) is 4.79 Å². The lowest BCUT2D eigenvalue weighted by atomic mass is 10.1. The maximum Gasteiger partial charge on any atom is 0.408 e. The normalized spacial score (nSPS) is 22.0. The summed E-state index contributed by atoms with van der Waals surface area (Å²) < 4.78 is 10.1. The average molecular weight is 309 g/mol. The number of aliphatic hydroxyl groups is 2. The van der Waals surface area contributed by atoms with Crippen molar-refractivity contribution < 1.29 is 29.3 Å². The van der Waals surface area contributed by atoms with Crippen LogP contribution in [0.5, 0.6) is 0 Å². The Balaban J connectivity index is 1.75. The number of carbonyl (C=O) groups is 2. The molecular formula is C15H19NO6. The van der Waals surface area contributed by atoms with Crippen molar-refractivity contribution in [2.24, 2.45) is 0 Å².